The molecule has 0 aromatic rings. The number of hydrogen-bond donors (Lipinski definition) is 2. The van der Waals surface area contributed by atoms with Crippen LogP contribution in [-0.2, 0) is 4.79 Å². The molecule has 1 amide bonds. The molecule has 0 bridgehead atoms. The highest BCUT2D eigenvalue weighted by molar-refractivity contribution is 5.95. The van der Waals surface area contributed by atoms with Gasteiger partial charge in [-0.05, 0) is 43.1 Å². The molecule has 0 radical (unpaired) electrons. The maximum absolute atomic E-state index is 12.7. The van der Waals surface area contributed by atoms with Crippen LogP contribution in [0, 0.1) is 11.3 Å². The molecule has 2 fully saturated rings. The van der Waals surface area contributed by atoms with Gasteiger partial charge in [0.2, 0.25) is 5.91 Å². The molecule has 3 aliphatic heterocycles. The minimum atomic E-state index is -0.518. The molecule has 1 saturated carbocycles. The standard InChI is InChI=1S/C16H18N4O/c1-15-12(3-2-5-19-15)16(14(21)20-15)8-10-4-6-18-13(17)7-11(10)9-16/h2-5,7,12H,6,8-9H2,1H3,(H2,17,18)(H,20,21). The van der Waals surface area contributed by atoms with Crippen molar-refractivity contribution in [2.75, 3.05) is 6.54 Å². The van der Waals surface area contributed by atoms with Gasteiger partial charge in [-0.3, -0.25) is 14.8 Å². The Kier molecular flexibility index (Phi) is 2.35. The third-order valence-corrected chi connectivity index (χ3v) is 5.11. The second-order valence-corrected chi connectivity index (χ2v) is 6.42. The first-order valence-electron chi connectivity index (χ1n) is 7.28. The van der Waals surface area contributed by atoms with Gasteiger partial charge in [-0.1, -0.05) is 12.2 Å². The highest BCUT2D eigenvalue weighted by Gasteiger charge is 2.62. The lowest BCUT2D eigenvalue weighted by Gasteiger charge is -2.33. The molecule has 5 nitrogen and oxygen atoms in total. The number of nitrogens with zero attached hydrogens (tertiary/aromatic N) is 2. The molecule has 4 aliphatic rings. The number of allylic oxidation sites excluding steroid dienone is 3. The van der Waals surface area contributed by atoms with Crippen molar-refractivity contribution >= 4 is 18.0 Å². The number of amidine groups is 1. The summed E-state index contributed by atoms with van der Waals surface area (Å²) < 4.78 is 0. The fraction of sp³-hybridized carbons (Fsp3) is 0.438. The summed E-state index contributed by atoms with van der Waals surface area (Å²) in [5.74, 6) is 0.727. The highest BCUT2D eigenvalue weighted by Crippen LogP contribution is 2.57. The van der Waals surface area contributed by atoms with Crippen LogP contribution in [0.2, 0.25) is 0 Å². The first kappa shape index (κ1) is 12.6. The van der Waals surface area contributed by atoms with E-state index in [2.05, 4.69) is 27.5 Å². The Morgan fingerprint density at radius 2 is 2.19 bits per heavy atom. The van der Waals surface area contributed by atoms with E-state index < -0.39 is 11.1 Å². The molecular formula is C16H18N4O. The molecule has 4 rings (SSSR count). The lowest BCUT2D eigenvalue weighted by atomic mass is 9.71. The van der Waals surface area contributed by atoms with Crippen LogP contribution in [0.3, 0.4) is 0 Å². The fourth-order valence-corrected chi connectivity index (χ4v) is 4.14. The van der Waals surface area contributed by atoms with Crippen LogP contribution in [0.25, 0.3) is 0 Å². The number of carbonyl (C=O) groups excluding carboxylic acids is 1. The van der Waals surface area contributed by atoms with Crippen molar-refractivity contribution < 1.29 is 4.79 Å². The van der Waals surface area contributed by atoms with Crippen molar-refractivity contribution in [3.8, 4) is 0 Å². The Hall–Kier alpha value is -2.17. The summed E-state index contributed by atoms with van der Waals surface area (Å²) in [5.41, 5.74) is 7.28. The molecule has 1 aliphatic carbocycles. The van der Waals surface area contributed by atoms with E-state index in [1.165, 1.54) is 5.57 Å². The van der Waals surface area contributed by atoms with Crippen molar-refractivity contribution in [2.24, 2.45) is 27.1 Å². The van der Waals surface area contributed by atoms with Gasteiger partial charge in [-0.25, -0.2) is 0 Å². The van der Waals surface area contributed by atoms with Gasteiger partial charge < -0.3 is 11.1 Å². The van der Waals surface area contributed by atoms with E-state index in [1.807, 2.05) is 19.1 Å². The zero-order valence-corrected chi connectivity index (χ0v) is 12.0. The number of aliphatic imine (C=N–C) groups is 2. The molecule has 108 valence electrons. The highest BCUT2D eigenvalue weighted by atomic mass is 16.2. The zero-order valence-electron chi connectivity index (χ0n) is 12.0. The molecule has 1 saturated heterocycles. The Morgan fingerprint density at radius 3 is 3.05 bits per heavy atom. The van der Waals surface area contributed by atoms with Crippen LogP contribution in [-0.4, -0.2) is 30.2 Å². The monoisotopic (exact) mass is 282 g/mol. The first-order valence-corrected chi connectivity index (χ1v) is 7.28. The third-order valence-electron chi connectivity index (χ3n) is 5.11. The number of hydrogen-bond acceptors (Lipinski definition) is 4. The lowest BCUT2D eigenvalue weighted by molar-refractivity contribution is -0.127. The van der Waals surface area contributed by atoms with E-state index in [0.717, 1.165) is 12.0 Å². The van der Waals surface area contributed by atoms with Crippen molar-refractivity contribution in [1.29, 1.82) is 0 Å². The summed E-state index contributed by atoms with van der Waals surface area (Å²) in [5, 5.41) is 3.10. The molecule has 5 heteroatoms. The topological polar surface area (TPSA) is 79.8 Å². The van der Waals surface area contributed by atoms with E-state index in [1.54, 1.807) is 6.21 Å². The summed E-state index contributed by atoms with van der Waals surface area (Å²) in [7, 11) is 0. The van der Waals surface area contributed by atoms with Gasteiger partial charge >= 0.3 is 0 Å². The Labute approximate surface area is 123 Å². The molecule has 3 unspecified atom stereocenters. The average molecular weight is 282 g/mol. The summed E-state index contributed by atoms with van der Waals surface area (Å²) in [6, 6.07) is 0. The SMILES string of the molecule is CC12N=CC=CC1C1(CC3=CCN=C(N)C=C3C1)C(=O)N2. The van der Waals surface area contributed by atoms with Gasteiger partial charge in [0.15, 0.2) is 0 Å². The number of fused-ring (bicyclic) bond motifs is 3. The molecule has 21 heavy (non-hydrogen) atoms. The van der Waals surface area contributed by atoms with E-state index >= 15 is 0 Å². The smallest absolute Gasteiger partial charge is 0.229 e. The fourth-order valence-electron chi connectivity index (χ4n) is 4.14. The van der Waals surface area contributed by atoms with E-state index in [0.29, 0.717) is 18.8 Å². The molecule has 3 heterocycles. The van der Waals surface area contributed by atoms with Crippen molar-refractivity contribution in [2.45, 2.75) is 25.4 Å². The van der Waals surface area contributed by atoms with Crippen LogP contribution >= 0.6 is 0 Å². The maximum atomic E-state index is 12.7. The quantitative estimate of drug-likeness (QED) is 0.697. The second-order valence-electron chi connectivity index (χ2n) is 6.42. The van der Waals surface area contributed by atoms with Gasteiger partial charge in [-0.2, -0.15) is 0 Å². The summed E-state index contributed by atoms with van der Waals surface area (Å²) >= 11 is 0. The van der Waals surface area contributed by atoms with Crippen LogP contribution < -0.4 is 11.1 Å². The predicted molar refractivity (Wildman–Crippen MR) is 82.0 cm³/mol. The number of nitrogens with two attached hydrogens (primary N) is 1. The summed E-state index contributed by atoms with van der Waals surface area (Å²) in [6.07, 6.45) is 11.3. The molecule has 3 atom stereocenters. The summed E-state index contributed by atoms with van der Waals surface area (Å²) in [6.45, 7) is 2.59. The molecular weight excluding hydrogens is 264 g/mol. The van der Waals surface area contributed by atoms with E-state index in [-0.39, 0.29) is 11.8 Å². The Balaban J connectivity index is 1.80. The summed E-state index contributed by atoms with van der Waals surface area (Å²) in [4.78, 5) is 21.5. The normalized spacial score (nSPS) is 40.1. The Bertz CT molecular complexity index is 684. The van der Waals surface area contributed by atoms with E-state index in [9.17, 15) is 4.79 Å². The second kappa shape index (κ2) is 3.93. The van der Waals surface area contributed by atoms with Crippen LogP contribution in [0.1, 0.15) is 19.8 Å². The predicted octanol–water partition coefficient (Wildman–Crippen LogP) is 1.09. The Morgan fingerprint density at radius 1 is 1.38 bits per heavy atom. The van der Waals surface area contributed by atoms with Crippen LogP contribution in [0.5, 0.6) is 0 Å². The van der Waals surface area contributed by atoms with Gasteiger partial charge in [0.05, 0.1) is 12.0 Å². The molecule has 0 aromatic carbocycles. The van der Waals surface area contributed by atoms with E-state index in [4.69, 9.17) is 5.73 Å². The molecule has 0 aromatic heterocycles. The maximum Gasteiger partial charge on any atom is 0.229 e. The zero-order chi connectivity index (χ0) is 14.7. The van der Waals surface area contributed by atoms with Crippen LogP contribution in [0.15, 0.2) is 45.4 Å². The lowest BCUT2D eigenvalue weighted by Crippen LogP contribution is -2.42. The molecule has 3 N–H and O–H groups in total. The number of amides is 1. The largest absolute Gasteiger partial charge is 0.384 e. The number of dihydropyridines is 1. The van der Waals surface area contributed by atoms with Crippen molar-refractivity contribution in [3.05, 3.63) is 35.5 Å². The first-order chi connectivity index (χ1) is 10.0. The average Bonchev–Trinajstić information content (AvgIpc) is 2.81. The minimum absolute atomic E-state index is 0.0781. The van der Waals surface area contributed by atoms with Gasteiger partial charge in [0.1, 0.15) is 11.5 Å². The van der Waals surface area contributed by atoms with Crippen LogP contribution in [0.4, 0.5) is 0 Å². The number of nitrogens with one attached hydrogen (secondary N) is 1. The number of carbonyl (C=O) groups is 1. The number of rotatable bonds is 0. The van der Waals surface area contributed by atoms with Gasteiger partial charge in [0, 0.05) is 12.1 Å². The van der Waals surface area contributed by atoms with Gasteiger partial charge in [0.25, 0.3) is 0 Å². The minimum Gasteiger partial charge on any atom is -0.384 e. The third kappa shape index (κ3) is 1.60. The van der Waals surface area contributed by atoms with Crippen molar-refractivity contribution in [1.82, 2.24) is 5.32 Å². The van der Waals surface area contributed by atoms with Crippen molar-refractivity contribution in [3.63, 3.8) is 0 Å². The molecule has 1 spiro atoms. The van der Waals surface area contributed by atoms with Gasteiger partial charge in [-0.15, -0.1) is 0 Å².